The van der Waals surface area contributed by atoms with Crippen molar-refractivity contribution >= 4 is 23.3 Å². The van der Waals surface area contributed by atoms with Gasteiger partial charge in [0, 0.05) is 30.2 Å². The number of carbonyl (C=O) groups is 1. The van der Waals surface area contributed by atoms with E-state index in [1.54, 1.807) is 31.3 Å². The fourth-order valence-electron chi connectivity index (χ4n) is 2.87. The summed E-state index contributed by atoms with van der Waals surface area (Å²) in [5.41, 5.74) is 0.731. The largest absolute Gasteiger partial charge is 0.452 e. The predicted molar refractivity (Wildman–Crippen MR) is 93.1 cm³/mol. The Morgan fingerprint density at radius 1 is 1.21 bits per heavy atom. The van der Waals surface area contributed by atoms with Crippen molar-refractivity contribution in [3.8, 4) is 10.9 Å². The summed E-state index contributed by atoms with van der Waals surface area (Å²) in [5.74, 6) is 2.06. The Kier molecular flexibility index (Phi) is 5.30. The van der Waals surface area contributed by atoms with Gasteiger partial charge in [-0.15, -0.1) is 0 Å². The zero-order valence-electron chi connectivity index (χ0n) is 13.9. The van der Waals surface area contributed by atoms with Crippen LogP contribution in [0.3, 0.4) is 0 Å². The minimum absolute atomic E-state index is 0.412. The van der Waals surface area contributed by atoms with Crippen LogP contribution in [0.25, 0.3) is 0 Å². The number of benzene rings is 1. The van der Waals surface area contributed by atoms with Gasteiger partial charge in [-0.1, -0.05) is 19.3 Å². The van der Waals surface area contributed by atoms with Gasteiger partial charge in [0.2, 0.25) is 0 Å². The standard InChI is InChI=1S/C17H21N3O3S/c1-20(17(21)22-2)13-8-10-14(11-9-13)23-16-18-15(19-24-16)12-6-4-3-5-7-12/h8-12H,3-7H2,1-2H3. The molecular weight excluding hydrogens is 326 g/mol. The van der Waals surface area contributed by atoms with Gasteiger partial charge in [-0.25, -0.2) is 4.79 Å². The SMILES string of the molecule is COC(=O)N(C)c1ccc(Oc2nc(C3CCCCC3)ns2)cc1. The number of anilines is 1. The second-order valence-corrected chi connectivity index (χ2v) is 6.59. The summed E-state index contributed by atoms with van der Waals surface area (Å²) in [7, 11) is 3.01. The molecule has 0 unspecified atom stereocenters. The summed E-state index contributed by atoms with van der Waals surface area (Å²) in [6.45, 7) is 0. The van der Waals surface area contributed by atoms with Crippen LogP contribution in [0.4, 0.5) is 10.5 Å². The van der Waals surface area contributed by atoms with Crippen LogP contribution in [-0.4, -0.2) is 29.6 Å². The molecule has 0 saturated heterocycles. The highest BCUT2D eigenvalue weighted by Gasteiger charge is 2.20. The van der Waals surface area contributed by atoms with Gasteiger partial charge < -0.3 is 9.47 Å². The maximum atomic E-state index is 11.5. The number of rotatable bonds is 4. The molecule has 1 amide bonds. The smallest absolute Gasteiger partial charge is 0.413 e. The summed E-state index contributed by atoms with van der Waals surface area (Å²) in [4.78, 5) is 17.5. The van der Waals surface area contributed by atoms with Crippen molar-refractivity contribution in [2.24, 2.45) is 0 Å². The Morgan fingerprint density at radius 3 is 2.58 bits per heavy atom. The topological polar surface area (TPSA) is 64.5 Å². The van der Waals surface area contributed by atoms with Crippen molar-refractivity contribution < 1.29 is 14.3 Å². The van der Waals surface area contributed by atoms with E-state index in [0.29, 0.717) is 16.9 Å². The van der Waals surface area contributed by atoms with Gasteiger partial charge in [-0.2, -0.15) is 9.36 Å². The average molecular weight is 347 g/mol. The van der Waals surface area contributed by atoms with E-state index in [9.17, 15) is 4.79 Å². The van der Waals surface area contributed by atoms with Gasteiger partial charge in [-0.05, 0) is 37.1 Å². The number of carbonyl (C=O) groups excluding carboxylic acids is 1. The van der Waals surface area contributed by atoms with E-state index >= 15 is 0 Å². The molecule has 1 saturated carbocycles. The molecule has 0 aliphatic heterocycles. The van der Waals surface area contributed by atoms with Crippen LogP contribution in [-0.2, 0) is 4.74 Å². The lowest BCUT2D eigenvalue weighted by Gasteiger charge is -2.18. The van der Waals surface area contributed by atoms with Crippen LogP contribution in [0.2, 0.25) is 0 Å². The molecule has 128 valence electrons. The number of nitrogens with zero attached hydrogens (tertiary/aromatic N) is 3. The van der Waals surface area contributed by atoms with Crippen molar-refractivity contribution in [2.45, 2.75) is 38.0 Å². The molecule has 0 atom stereocenters. The van der Waals surface area contributed by atoms with E-state index in [1.807, 2.05) is 0 Å². The predicted octanol–water partition coefficient (Wildman–Crippen LogP) is 4.58. The average Bonchev–Trinajstić information content (AvgIpc) is 3.10. The maximum absolute atomic E-state index is 11.5. The molecule has 2 aromatic rings. The first-order valence-electron chi connectivity index (χ1n) is 8.10. The van der Waals surface area contributed by atoms with Crippen molar-refractivity contribution in [2.75, 3.05) is 19.1 Å². The van der Waals surface area contributed by atoms with E-state index in [1.165, 1.54) is 55.6 Å². The lowest BCUT2D eigenvalue weighted by Crippen LogP contribution is -2.25. The first-order valence-corrected chi connectivity index (χ1v) is 8.88. The monoisotopic (exact) mass is 347 g/mol. The highest BCUT2D eigenvalue weighted by Crippen LogP contribution is 2.34. The number of methoxy groups -OCH3 is 1. The van der Waals surface area contributed by atoms with Crippen LogP contribution in [0.15, 0.2) is 24.3 Å². The van der Waals surface area contributed by atoms with Crippen molar-refractivity contribution in [1.29, 1.82) is 0 Å². The molecule has 1 aliphatic rings. The van der Waals surface area contributed by atoms with Crippen LogP contribution >= 0.6 is 11.5 Å². The summed E-state index contributed by atoms with van der Waals surface area (Å²) < 4.78 is 14.9. The fraction of sp³-hybridized carbons (Fsp3) is 0.471. The number of hydrogen-bond donors (Lipinski definition) is 0. The van der Waals surface area contributed by atoms with Gasteiger partial charge in [-0.3, -0.25) is 4.90 Å². The minimum atomic E-state index is -0.412. The highest BCUT2D eigenvalue weighted by atomic mass is 32.1. The van der Waals surface area contributed by atoms with Crippen molar-refractivity contribution in [1.82, 2.24) is 9.36 Å². The lowest BCUT2D eigenvalue weighted by molar-refractivity contribution is 0.180. The second kappa shape index (κ2) is 7.61. The van der Waals surface area contributed by atoms with Crippen molar-refractivity contribution in [3.63, 3.8) is 0 Å². The molecule has 6 nitrogen and oxygen atoms in total. The molecule has 7 heteroatoms. The van der Waals surface area contributed by atoms with Gasteiger partial charge in [0.1, 0.15) is 11.6 Å². The summed E-state index contributed by atoms with van der Waals surface area (Å²) in [6, 6.07) is 7.21. The van der Waals surface area contributed by atoms with E-state index in [-0.39, 0.29) is 0 Å². The summed E-state index contributed by atoms with van der Waals surface area (Å²) in [5, 5.41) is 0.560. The third-order valence-electron chi connectivity index (χ3n) is 4.27. The molecule has 0 radical (unpaired) electrons. The Hall–Kier alpha value is -2.15. The van der Waals surface area contributed by atoms with Crippen LogP contribution in [0, 0.1) is 0 Å². The zero-order chi connectivity index (χ0) is 16.9. The summed E-state index contributed by atoms with van der Waals surface area (Å²) >= 11 is 1.29. The zero-order valence-corrected chi connectivity index (χ0v) is 14.7. The Labute approximate surface area is 145 Å². The van der Waals surface area contributed by atoms with Crippen molar-refractivity contribution in [3.05, 3.63) is 30.1 Å². The van der Waals surface area contributed by atoms with E-state index in [4.69, 9.17) is 9.47 Å². The Bertz CT molecular complexity index is 681. The van der Waals surface area contributed by atoms with Gasteiger partial charge >= 0.3 is 6.09 Å². The first kappa shape index (κ1) is 16.7. The molecule has 1 aliphatic carbocycles. The quantitative estimate of drug-likeness (QED) is 0.810. The van der Waals surface area contributed by atoms with Gasteiger partial charge in [0.15, 0.2) is 0 Å². The molecule has 1 aromatic carbocycles. The maximum Gasteiger partial charge on any atom is 0.413 e. The molecule has 3 rings (SSSR count). The molecule has 0 bridgehead atoms. The van der Waals surface area contributed by atoms with E-state index in [2.05, 4.69) is 9.36 Å². The number of hydrogen-bond acceptors (Lipinski definition) is 6. The first-order chi connectivity index (χ1) is 11.7. The summed E-state index contributed by atoms with van der Waals surface area (Å²) in [6.07, 6.45) is 5.76. The second-order valence-electron chi connectivity index (χ2n) is 5.88. The number of amides is 1. The molecular formula is C17H21N3O3S. The van der Waals surface area contributed by atoms with Gasteiger partial charge in [0.25, 0.3) is 5.19 Å². The third-order valence-corrected chi connectivity index (χ3v) is 4.88. The van der Waals surface area contributed by atoms with E-state index < -0.39 is 6.09 Å². The Balaban J connectivity index is 1.64. The molecule has 1 heterocycles. The molecule has 24 heavy (non-hydrogen) atoms. The number of ether oxygens (including phenoxy) is 2. The molecule has 1 fully saturated rings. The minimum Gasteiger partial charge on any atom is -0.452 e. The molecule has 0 N–H and O–H groups in total. The van der Waals surface area contributed by atoms with Gasteiger partial charge in [0.05, 0.1) is 7.11 Å². The van der Waals surface area contributed by atoms with E-state index in [0.717, 1.165) is 11.5 Å². The van der Waals surface area contributed by atoms with Crippen LogP contribution < -0.4 is 9.64 Å². The third kappa shape index (κ3) is 3.84. The normalized spacial score (nSPS) is 15.1. The number of aromatic nitrogens is 2. The fourth-order valence-corrected chi connectivity index (χ4v) is 3.50. The Morgan fingerprint density at radius 2 is 1.92 bits per heavy atom. The molecule has 0 spiro atoms. The highest BCUT2D eigenvalue weighted by molar-refractivity contribution is 7.07. The lowest BCUT2D eigenvalue weighted by atomic mass is 9.89. The van der Waals surface area contributed by atoms with Crippen LogP contribution in [0.5, 0.6) is 10.9 Å². The van der Waals surface area contributed by atoms with Crippen LogP contribution in [0.1, 0.15) is 43.8 Å². The molecule has 1 aromatic heterocycles.